The Bertz CT molecular complexity index is 380. The van der Waals surface area contributed by atoms with E-state index in [4.69, 9.17) is 15.2 Å². The van der Waals surface area contributed by atoms with Crippen molar-refractivity contribution in [2.45, 2.75) is 20.3 Å². The average molecular weight is 252 g/mol. The van der Waals surface area contributed by atoms with Crippen LogP contribution in [0.2, 0.25) is 0 Å². The number of nitrogens with two attached hydrogens (primary N) is 1. The van der Waals surface area contributed by atoms with Crippen molar-refractivity contribution >= 4 is 5.69 Å². The van der Waals surface area contributed by atoms with Crippen LogP contribution >= 0.6 is 0 Å². The maximum atomic E-state index is 5.55. The van der Waals surface area contributed by atoms with Gasteiger partial charge in [-0.15, -0.1) is 0 Å². The Hall–Kier alpha value is -1.42. The zero-order valence-electron chi connectivity index (χ0n) is 11.7. The van der Waals surface area contributed by atoms with Gasteiger partial charge in [0, 0.05) is 12.6 Å². The second-order valence-corrected chi connectivity index (χ2v) is 4.58. The predicted molar refractivity (Wildman–Crippen MR) is 75.6 cm³/mol. The molecule has 4 nitrogen and oxygen atoms in total. The normalized spacial score (nSPS) is 12.1. The fourth-order valence-corrected chi connectivity index (χ4v) is 1.89. The van der Waals surface area contributed by atoms with E-state index in [0.29, 0.717) is 5.92 Å². The van der Waals surface area contributed by atoms with Gasteiger partial charge in [0.05, 0.1) is 19.9 Å². The van der Waals surface area contributed by atoms with Gasteiger partial charge < -0.3 is 20.5 Å². The van der Waals surface area contributed by atoms with E-state index in [1.807, 2.05) is 19.1 Å². The van der Waals surface area contributed by atoms with Gasteiger partial charge in [0.2, 0.25) is 0 Å². The molecule has 1 aromatic rings. The molecule has 18 heavy (non-hydrogen) atoms. The van der Waals surface area contributed by atoms with E-state index in [9.17, 15) is 0 Å². The summed E-state index contributed by atoms with van der Waals surface area (Å²) in [4.78, 5) is 0. The lowest BCUT2D eigenvalue weighted by atomic mass is 10.1. The summed E-state index contributed by atoms with van der Waals surface area (Å²) >= 11 is 0. The van der Waals surface area contributed by atoms with Gasteiger partial charge in [0.1, 0.15) is 11.5 Å². The first-order valence-corrected chi connectivity index (χ1v) is 6.29. The summed E-state index contributed by atoms with van der Waals surface area (Å²) in [6.45, 7) is 5.84. The van der Waals surface area contributed by atoms with Gasteiger partial charge in [-0.25, -0.2) is 0 Å². The number of nitrogens with one attached hydrogen (secondary N) is 1. The van der Waals surface area contributed by atoms with Crippen LogP contribution in [-0.4, -0.2) is 27.3 Å². The Morgan fingerprint density at radius 2 is 2.00 bits per heavy atom. The number of hydrogen-bond acceptors (Lipinski definition) is 4. The van der Waals surface area contributed by atoms with Gasteiger partial charge >= 0.3 is 0 Å². The van der Waals surface area contributed by atoms with E-state index < -0.39 is 0 Å². The Balaban J connectivity index is 2.81. The summed E-state index contributed by atoms with van der Waals surface area (Å²) in [6.07, 6.45) is 1.02. The summed E-state index contributed by atoms with van der Waals surface area (Å²) in [5, 5.41) is 3.43. The lowest BCUT2D eigenvalue weighted by Crippen LogP contribution is -2.16. The molecule has 1 atom stereocenters. The van der Waals surface area contributed by atoms with Crippen molar-refractivity contribution in [2.24, 2.45) is 11.7 Å². The quantitative estimate of drug-likeness (QED) is 0.782. The van der Waals surface area contributed by atoms with Crippen LogP contribution in [-0.2, 0) is 0 Å². The highest BCUT2D eigenvalue weighted by molar-refractivity contribution is 5.64. The third-order valence-corrected chi connectivity index (χ3v) is 3.02. The molecule has 0 spiro atoms. The van der Waals surface area contributed by atoms with Gasteiger partial charge in [-0.2, -0.15) is 0 Å². The highest BCUT2D eigenvalue weighted by atomic mass is 16.5. The molecule has 0 aliphatic carbocycles. The molecular formula is C14H24N2O2. The molecule has 0 saturated heterocycles. The van der Waals surface area contributed by atoms with Crippen LogP contribution in [0.25, 0.3) is 0 Å². The molecule has 0 radical (unpaired) electrons. The van der Waals surface area contributed by atoms with Crippen LogP contribution in [0.5, 0.6) is 11.5 Å². The molecule has 0 aromatic heterocycles. The highest BCUT2D eigenvalue weighted by Crippen LogP contribution is 2.33. The van der Waals surface area contributed by atoms with Crippen molar-refractivity contribution in [1.82, 2.24) is 0 Å². The maximum Gasteiger partial charge on any atom is 0.145 e. The number of ether oxygens (including phenoxy) is 2. The molecule has 0 heterocycles. The standard InChI is InChI=1S/C14H24N2O2/c1-10(5-6-15)9-16-14-11(2)7-12(17-3)8-13(14)18-4/h7-8,10,16H,5-6,9,15H2,1-4H3. The molecule has 1 aromatic carbocycles. The van der Waals surface area contributed by atoms with Crippen molar-refractivity contribution < 1.29 is 9.47 Å². The topological polar surface area (TPSA) is 56.5 Å². The zero-order valence-corrected chi connectivity index (χ0v) is 11.7. The monoisotopic (exact) mass is 252 g/mol. The van der Waals surface area contributed by atoms with Gasteiger partial charge in [-0.1, -0.05) is 6.92 Å². The first-order chi connectivity index (χ1) is 8.62. The summed E-state index contributed by atoms with van der Waals surface area (Å²) in [7, 11) is 3.33. The first kappa shape index (κ1) is 14.6. The minimum absolute atomic E-state index is 0.543. The summed E-state index contributed by atoms with van der Waals surface area (Å²) < 4.78 is 10.6. The number of rotatable bonds is 7. The summed E-state index contributed by atoms with van der Waals surface area (Å²) in [5.74, 6) is 2.16. The molecule has 0 amide bonds. The molecule has 0 aliphatic heterocycles. The second-order valence-electron chi connectivity index (χ2n) is 4.58. The van der Waals surface area contributed by atoms with Crippen molar-refractivity contribution in [3.8, 4) is 11.5 Å². The molecule has 0 bridgehead atoms. The molecule has 1 rings (SSSR count). The molecule has 3 N–H and O–H groups in total. The molecule has 0 aliphatic rings. The van der Waals surface area contributed by atoms with Gasteiger partial charge in [0.25, 0.3) is 0 Å². The van der Waals surface area contributed by atoms with E-state index >= 15 is 0 Å². The Kier molecular flexibility index (Phi) is 5.78. The number of anilines is 1. The number of hydrogen-bond donors (Lipinski definition) is 2. The van der Waals surface area contributed by atoms with E-state index in [-0.39, 0.29) is 0 Å². The van der Waals surface area contributed by atoms with E-state index in [0.717, 1.165) is 42.3 Å². The lowest BCUT2D eigenvalue weighted by molar-refractivity contribution is 0.394. The van der Waals surface area contributed by atoms with Crippen LogP contribution in [0.3, 0.4) is 0 Å². The van der Waals surface area contributed by atoms with E-state index in [1.54, 1.807) is 14.2 Å². The summed E-state index contributed by atoms with van der Waals surface area (Å²) in [5.41, 5.74) is 7.70. The minimum Gasteiger partial charge on any atom is -0.497 e. The van der Waals surface area contributed by atoms with Gasteiger partial charge in [-0.3, -0.25) is 0 Å². The third-order valence-electron chi connectivity index (χ3n) is 3.02. The fraction of sp³-hybridized carbons (Fsp3) is 0.571. The second kappa shape index (κ2) is 7.11. The number of methoxy groups -OCH3 is 2. The van der Waals surface area contributed by atoms with Crippen molar-refractivity contribution in [2.75, 3.05) is 32.6 Å². The van der Waals surface area contributed by atoms with Crippen LogP contribution in [0, 0.1) is 12.8 Å². The predicted octanol–water partition coefficient (Wildman–Crippen LogP) is 2.41. The Morgan fingerprint density at radius 1 is 1.28 bits per heavy atom. The van der Waals surface area contributed by atoms with Crippen molar-refractivity contribution in [1.29, 1.82) is 0 Å². The van der Waals surface area contributed by atoms with Crippen molar-refractivity contribution in [3.05, 3.63) is 17.7 Å². The molecule has 0 fully saturated rings. The first-order valence-electron chi connectivity index (χ1n) is 6.29. The van der Waals surface area contributed by atoms with Crippen LogP contribution in [0.1, 0.15) is 18.9 Å². The van der Waals surface area contributed by atoms with E-state index in [2.05, 4.69) is 12.2 Å². The SMILES string of the molecule is COc1cc(C)c(NCC(C)CCN)c(OC)c1. The fourth-order valence-electron chi connectivity index (χ4n) is 1.89. The summed E-state index contributed by atoms with van der Waals surface area (Å²) in [6, 6.07) is 3.89. The van der Waals surface area contributed by atoms with E-state index in [1.165, 1.54) is 0 Å². The van der Waals surface area contributed by atoms with Gasteiger partial charge in [-0.05, 0) is 37.4 Å². The lowest BCUT2D eigenvalue weighted by Gasteiger charge is -2.18. The van der Waals surface area contributed by atoms with Crippen LogP contribution in [0.15, 0.2) is 12.1 Å². The van der Waals surface area contributed by atoms with Gasteiger partial charge in [0.15, 0.2) is 0 Å². The molecule has 1 unspecified atom stereocenters. The number of benzene rings is 1. The molecular weight excluding hydrogens is 228 g/mol. The zero-order chi connectivity index (χ0) is 13.5. The largest absolute Gasteiger partial charge is 0.497 e. The number of aryl methyl sites for hydroxylation is 1. The minimum atomic E-state index is 0.543. The highest BCUT2D eigenvalue weighted by Gasteiger charge is 2.10. The van der Waals surface area contributed by atoms with Crippen LogP contribution in [0.4, 0.5) is 5.69 Å². The van der Waals surface area contributed by atoms with Crippen LogP contribution < -0.4 is 20.5 Å². The average Bonchev–Trinajstić information content (AvgIpc) is 2.36. The smallest absolute Gasteiger partial charge is 0.145 e. The Morgan fingerprint density at radius 3 is 2.56 bits per heavy atom. The molecule has 4 heteroatoms. The maximum absolute atomic E-state index is 5.55. The molecule has 102 valence electrons. The van der Waals surface area contributed by atoms with Crippen molar-refractivity contribution in [3.63, 3.8) is 0 Å². The third kappa shape index (κ3) is 3.81. The Labute approximate surface area is 109 Å². The molecule has 0 saturated carbocycles.